The molecule has 0 heterocycles. The second-order valence-electron chi connectivity index (χ2n) is 4.72. The molecule has 0 aliphatic heterocycles. The number of benzene rings is 2. The van der Waals surface area contributed by atoms with Crippen LogP contribution < -0.4 is 5.32 Å². The van der Waals surface area contributed by atoms with Crippen LogP contribution in [-0.4, -0.2) is 6.54 Å². The number of halogens is 4. The lowest BCUT2D eigenvalue weighted by Crippen LogP contribution is -2.23. The van der Waals surface area contributed by atoms with Crippen LogP contribution in [0.4, 0.5) is 0 Å². The lowest BCUT2D eigenvalue weighted by atomic mass is 9.98. The summed E-state index contributed by atoms with van der Waals surface area (Å²) in [6.45, 7) is 2.92. The van der Waals surface area contributed by atoms with Gasteiger partial charge in [-0.3, -0.25) is 0 Å². The first-order valence-electron chi connectivity index (χ1n) is 6.63. The highest BCUT2D eigenvalue weighted by molar-refractivity contribution is 9.10. The number of hydrogen-bond donors (Lipinski definition) is 1. The summed E-state index contributed by atoms with van der Waals surface area (Å²) in [7, 11) is 0. The molecule has 0 amide bonds. The molecule has 2 rings (SSSR count). The quantitative estimate of drug-likeness (QED) is 0.613. The molecular formula is C16H15BrCl3N. The Morgan fingerprint density at radius 2 is 1.71 bits per heavy atom. The van der Waals surface area contributed by atoms with E-state index in [4.69, 9.17) is 34.8 Å². The van der Waals surface area contributed by atoms with E-state index in [2.05, 4.69) is 28.2 Å². The van der Waals surface area contributed by atoms with Crippen molar-refractivity contribution in [3.63, 3.8) is 0 Å². The van der Waals surface area contributed by atoms with Crippen LogP contribution in [-0.2, 0) is 6.42 Å². The van der Waals surface area contributed by atoms with E-state index in [-0.39, 0.29) is 6.04 Å². The lowest BCUT2D eigenvalue weighted by molar-refractivity contribution is 0.548. The van der Waals surface area contributed by atoms with E-state index in [1.54, 1.807) is 6.07 Å². The lowest BCUT2D eigenvalue weighted by Gasteiger charge is -2.21. The van der Waals surface area contributed by atoms with Gasteiger partial charge in [-0.15, -0.1) is 0 Å². The molecule has 1 nitrogen and oxygen atoms in total. The van der Waals surface area contributed by atoms with Crippen LogP contribution in [0.3, 0.4) is 0 Å². The zero-order chi connectivity index (χ0) is 15.4. The summed E-state index contributed by atoms with van der Waals surface area (Å²) in [6.07, 6.45) is 0.742. The standard InChI is InChI=1S/C16H15BrCl3N/c1-2-21-16(13-9-12(19)3-5-14(13)17)8-10-7-11(18)4-6-15(10)20/h3-7,9,16,21H,2,8H2,1H3. The van der Waals surface area contributed by atoms with Gasteiger partial charge in [0.1, 0.15) is 0 Å². The van der Waals surface area contributed by atoms with Crippen LogP contribution in [0.15, 0.2) is 40.9 Å². The van der Waals surface area contributed by atoms with Gasteiger partial charge in [0.15, 0.2) is 0 Å². The molecule has 2 aromatic carbocycles. The third-order valence-corrected chi connectivity index (χ3v) is 4.78. The van der Waals surface area contributed by atoms with Gasteiger partial charge < -0.3 is 5.32 Å². The molecule has 0 saturated carbocycles. The molecule has 0 bridgehead atoms. The zero-order valence-corrected chi connectivity index (χ0v) is 15.3. The molecule has 0 saturated heterocycles. The van der Waals surface area contributed by atoms with Gasteiger partial charge in [0, 0.05) is 25.6 Å². The van der Waals surface area contributed by atoms with Crippen LogP contribution in [0, 0.1) is 0 Å². The molecule has 21 heavy (non-hydrogen) atoms. The second-order valence-corrected chi connectivity index (χ2v) is 6.85. The van der Waals surface area contributed by atoms with Crippen LogP contribution in [0.2, 0.25) is 15.1 Å². The number of hydrogen-bond acceptors (Lipinski definition) is 1. The van der Waals surface area contributed by atoms with Crippen LogP contribution in [0.1, 0.15) is 24.1 Å². The molecule has 0 aliphatic carbocycles. The third kappa shape index (κ3) is 4.61. The molecule has 0 fully saturated rings. The Bertz CT molecular complexity index is 631. The molecule has 2 aromatic rings. The molecule has 1 unspecified atom stereocenters. The van der Waals surface area contributed by atoms with Gasteiger partial charge in [0.05, 0.1) is 0 Å². The monoisotopic (exact) mass is 405 g/mol. The Labute approximate surface area is 148 Å². The van der Waals surface area contributed by atoms with Crippen molar-refractivity contribution in [2.24, 2.45) is 0 Å². The van der Waals surface area contributed by atoms with E-state index in [1.165, 1.54) is 0 Å². The van der Waals surface area contributed by atoms with E-state index in [9.17, 15) is 0 Å². The van der Waals surface area contributed by atoms with Gasteiger partial charge in [-0.2, -0.15) is 0 Å². The fourth-order valence-electron chi connectivity index (χ4n) is 2.24. The first-order chi connectivity index (χ1) is 10.0. The zero-order valence-electron chi connectivity index (χ0n) is 11.5. The van der Waals surface area contributed by atoms with Crippen molar-refractivity contribution in [2.75, 3.05) is 6.54 Å². The maximum absolute atomic E-state index is 6.27. The van der Waals surface area contributed by atoms with Crippen molar-refractivity contribution in [3.8, 4) is 0 Å². The maximum atomic E-state index is 6.27. The highest BCUT2D eigenvalue weighted by atomic mass is 79.9. The molecule has 0 aromatic heterocycles. The van der Waals surface area contributed by atoms with Crippen LogP contribution >= 0.6 is 50.7 Å². The van der Waals surface area contributed by atoms with E-state index >= 15 is 0 Å². The van der Waals surface area contributed by atoms with Crippen LogP contribution in [0.5, 0.6) is 0 Å². The first kappa shape index (κ1) is 17.1. The minimum absolute atomic E-state index is 0.110. The summed E-state index contributed by atoms with van der Waals surface area (Å²) in [6, 6.07) is 11.4. The van der Waals surface area contributed by atoms with Gasteiger partial charge in [-0.05, 0) is 60.5 Å². The van der Waals surface area contributed by atoms with Gasteiger partial charge in [-0.1, -0.05) is 57.7 Å². The Kier molecular flexibility index (Phi) is 6.39. The summed E-state index contributed by atoms with van der Waals surface area (Å²) < 4.78 is 1.02. The maximum Gasteiger partial charge on any atom is 0.0439 e. The SMILES string of the molecule is CCNC(Cc1cc(Cl)ccc1Cl)c1cc(Cl)ccc1Br. The fourth-order valence-corrected chi connectivity index (χ4v) is 3.33. The topological polar surface area (TPSA) is 12.0 Å². The smallest absolute Gasteiger partial charge is 0.0439 e. The van der Waals surface area contributed by atoms with E-state index in [0.29, 0.717) is 10.0 Å². The highest BCUT2D eigenvalue weighted by Gasteiger charge is 2.16. The highest BCUT2D eigenvalue weighted by Crippen LogP contribution is 2.31. The molecule has 5 heteroatoms. The molecule has 1 N–H and O–H groups in total. The Hall–Kier alpha value is -0.250. The molecule has 0 spiro atoms. The van der Waals surface area contributed by atoms with E-state index in [1.807, 2.05) is 30.3 Å². The molecule has 0 radical (unpaired) electrons. The van der Waals surface area contributed by atoms with Crippen molar-refractivity contribution < 1.29 is 0 Å². The van der Waals surface area contributed by atoms with E-state index < -0.39 is 0 Å². The summed E-state index contributed by atoms with van der Waals surface area (Å²) in [5.41, 5.74) is 2.13. The van der Waals surface area contributed by atoms with Gasteiger partial charge >= 0.3 is 0 Å². The minimum atomic E-state index is 0.110. The van der Waals surface area contributed by atoms with Gasteiger partial charge in [0.2, 0.25) is 0 Å². The predicted molar refractivity (Wildman–Crippen MR) is 95.7 cm³/mol. The Balaban J connectivity index is 2.35. The van der Waals surface area contributed by atoms with Crippen molar-refractivity contribution >= 4 is 50.7 Å². The largest absolute Gasteiger partial charge is 0.310 e. The summed E-state index contributed by atoms with van der Waals surface area (Å²) >= 11 is 22.1. The minimum Gasteiger partial charge on any atom is -0.310 e. The predicted octanol–water partition coefficient (Wildman–Crippen LogP) is 6.30. The Morgan fingerprint density at radius 1 is 1.05 bits per heavy atom. The van der Waals surface area contributed by atoms with Gasteiger partial charge in [0.25, 0.3) is 0 Å². The Morgan fingerprint density at radius 3 is 2.43 bits per heavy atom. The van der Waals surface area contributed by atoms with Gasteiger partial charge in [-0.25, -0.2) is 0 Å². The first-order valence-corrected chi connectivity index (χ1v) is 8.56. The van der Waals surface area contributed by atoms with Crippen molar-refractivity contribution in [1.82, 2.24) is 5.32 Å². The summed E-state index contributed by atoms with van der Waals surface area (Å²) in [4.78, 5) is 0. The molecule has 112 valence electrons. The summed E-state index contributed by atoms with van der Waals surface area (Å²) in [5.74, 6) is 0. The third-order valence-electron chi connectivity index (χ3n) is 3.22. The normalized spacial score (nSPS) is 12.4. The van der Waals surface area contributed by atoms with Crippen molar-refractivity contribution in [2.45, 2.75) is 19.4 Å². The molecule has 1 atom stereocenters. The fraction of sp³-hybridized carbons (Fsp3) is 0.250. The van der Waals surface area contributed by atoms with Crippen molar-refractivity contribution in [1.29, 1.82) is 0 Å². The van der Waals surface area contributed by atoms with Crippen LogP contribution in [0.25, 0.3) is 0 Å². The van der Waals surface area contributed by atoms with Crippen molar-refractivity contribution in [3.05, 3.63) is 67.1 Å². The second kappa shape index (κ2) is 7.85. The number of rotatable bonds is 5. The molecule has 0 aliphatic rings. The summed E-state index contributed by atoms with van der Waals surface area (Å²) in [5, 5.41) is 5.60. The number of nitrogens with one attached hydrogen (secondary N) is 1. The average molecular weight is 408 g/mol. The average Bonchev–Trinajstić information content (AvgIpc) is 2.45. The molecular weight excluding hydrogens is 392 g/mol. The number of likely N-dealkylation sites (N-methyl/N-ethyl adjacent to an activating group) is 1. The van der Waals surface area contributed by atoms with E-state index in [0.717, 1.165) is 33.6 Å².